The zero-order valence-corrected chi connectivity index (χ0v) is 7.88. The summed E-state index contributed by atoms with van der Waals surface area (Å²) in [5.41, 5.74) is 1.10. The van der Waals surface area contributed by atoms with E-state index in [-0.39, 0.29) is 0 Å². The van der Waals surface area contributed by atoms with E-state index in [1.54, 1.807) is 5.41 Å². The van der Waals surface area contributed by atoms with Gasteiger partial charge in [0.2, 0.25) is 0 Å². The maximum absolute atomic E-state index is 11.0. The van der Waals surface area contributed by atoms with E-state index in [0.717, 1.165) is 5.56 Å². The summed E-state index contributed by atoms with van der Waals surface area (Å²) in [5.74, 6) is 0.684. The van der Waals surface area contributed by atoms with Crippen LogP contribution in [0.2, 0.25) is 0 Å². The molecule has 0 aromatic heterocycles. The molecule has 0 fully saturated rings. The van der Waals surface area contributed by atoms with Crippen molar-refractivity contribution in [2.24, 2.45) is 0 Å². The summed E-state index contributed by atoms with van der Waals surface area (Å²) in [5, 5.41) is 1.73. The van der Waals surface area contributed by atoms with Crippen molar-refractivity contribution < 1.29 is 4.21 Å². The van der Waals surface area contributed by atoms with E-state index in [1.807, 2.05) is 43.3 Å². The molecule has 1 aromatic carbocycles. The van der Waals surface area contributed by atoms with Gasteiger partial charge in [-0.25, -0.2) is 0 Å². The highest BCUT2D eigenvalue weighted by Crippen LogP contribution is 2.01. The Morgan fingerprint density at radius 1 is 1.33 bits per heavy atom. The molecule has 0 bridgehead atoms. The summed E-state index contributed by atoms with van der Waals surface area (Å²) >= 11 is 0. The molecule has 0 saturated carbocycles. The average Bonchev–Trinajstić information content (AvgIpc) is 2.16. The van der Waals surface area contributed by atoms with Crippen molar-refractivity contribution in [3.05, 3.63) is 41.3 Å². The molecular formula is C10H12OS. The van der Waals surface area contributed by atoms with Crippen molar-refractivity contribution in [3.63, 3.8) is 0 Å². The average molecular weight is 180 g/mol. The number of benzene rings is 1. The Labute approximate surface area is 75.6 Å². The van der Waals surface area contributed by atoms with E-state index in [1.165, 1.54) is 0 Å². The minimum Gasteiger partial charge on any atom is -0.255 e. The molecule has 0 aliphatic carbocycles. The minimum atomic E-state index is -0.808. The van der Waals surface area contributed by atoms with Gasteiger partial charge in [0, 0.05) is 22.0 Å². The molecule has 2 heteroatoms. The van der Waals surface area contributed by atoms with Crippen molar-refractivity contribution >= 4 is 16.9 Å². The molecule has 0 saturated heterocycles. The van der Waals surface area contributed by atoms with E-state index in [9.17, 15) is 4.21 Å². The molecule has 0 aliphatic heterocycles. The molecule has 0 spiro atoms. The van der Waals surface area contributed by atoms with Crippen LogP contribution in [0, 0.1) is 0 Å². The lowest BCUT2D eigenvalue weighted by Crippen LogP contribution is -1.84. The Morgan fingerprint density at radius 3 is 2.58 bits per heavy atom. The van der Waals surface area contributed by atoms with Gasteiger partial charge in [0.15, 0.2) is 0 Å². The lowest BCUT2D eigenvalue weighted by molar-refractivity contribution is 0.689. The van der Waals surface area contributed by atoms with Gasteiger partial charge in [-0.2, -0.15) is 0 Å². The lowest BCUT2D eigenvalue weighted by atomic mass is 10.2. The van der Waals surface area contributed by atoms with Crippen LogP contribution in [0.5, 0.6) is 0 Å². The van der Waals surface area contributed by atoms with Gasteiger partial charge in [0.25, 0.3) is 0 Å². The van der Waals surface area contributed by atoms with Crippen molar-refractivity contribution in [2.45, 2.75) is 6.92 Å². The standard InChI is InChI=1S/C10H12OS/c1-2-12(11)9-8-10-6-4-3-5-7-10/h3-9H,2H2,1H3/b9-8-. The monoisotopic (exact) mass is 180 g/mol. The Morgan fingerprint density at radius 2 is 2.00 bits per heavy atom. The molecule has 1 unspecified atom stereocenters. The van der Waals surface area contributed by atoms with Crippen molar-refractivity contribution in [3.8, 4) is 0 Å². The highest BCUT2D eigenvalue weighted by molar-refractivity contribution is 7.88. The molecule has 64 valence electrons. The maximum atomic E-state index is 11.0. The highest BCUT2D eigenvalue weighted by atomic mass is 32.2. The second kappa shape index (κ2) is 4.88. The first-order valence-corrected chi connectivity index (χ1v) is 5.31. The van der Waals surface area contributed by atoms with Crippen LogP contribution >= 0.6 is 0 Å². The molecule has 1 rings (SSSR count). The van der Waals surface area contributed by atoms with Crippen LogP contribution < -0.4 is 0 Å². The highest BCUT2D eigenvalue weighted by Gasteiger charge is 1.86. The van der Waals surface area contributed by atoms with Gasteiger partial charge in [-0.1, -0.05) is 37.3 Å². The first kappa shape index (κ1) is 9.20. The Bertz CT molecular complexity index is 277. The van der Waals surface area contributed by atoms with Gasteiger partial charge < -0.3 is 0 Å². The molecule has 1 atom stereocenters. The molecule has 1 aromatic rings. The second-order valence-electron chi connectivity index (χ2n) is 2.38. The topological polar surface area (TPSA) is 17.1 Å². The summed E-state index contributed by atoms with van der Waals surface area (Å²) in [6.45, 7) is 1.91. The summed E-state index contributed by atoms with van der Waals surface area (Å²) in [4.78, 5) is 0. The predicted molar refractivity (Wildman–Crippen MR) is 54.2 cm³/mol. The van der Waals surface area contributed by atoms with Crippen molar-refractivity contribution in [1.82, 2.24) is 0 Å². The van der Waals surface area contributed by atoms with Gasteiger partial charge in [-0.15, -0.1) is 0 Å². The maximum Gasteiger partial charge on any atom is 0.0453 e. The third kappa shape index (κ3) is 3.01. The largest absolute Gasteiger partial charge is 0.255 e. The van der Waals surface area contributed by atoms with Crippen LogP contribution in [0.25, 0.3) is 6.08 Å². The zero-order chi connectivity index (χ0) is 8.81. The molecule has 0 radical (unpaired) electrons. The Kier molecular flexibility index (Phi) is 3.74. The lowest BCUT2D eigenvalue weighted by Gasteiger charge is -1.90. The van der Waals surface area contributed by atoms with Gasteiger partial charge in [0.05, 0.1) is 0 Å². The quantitative estimate of drug-likeness (QED) is 0.698. The van der Waals surface area contributed by atoms with Crippen LogP contribution in [-0.2, 0) is 10.8 Å². The first-order valence-electron chi connectivity index (χ1n) is 3.93. The van der Waals surface area contributed by atoms with Crippen molar-refractivity contribution in [2.75, 3.05) is 5.75 Å². The van der Waals surface area contributed by atoms with Crippen LogP contribution in [-0.4, -0.2) is 9.96 Å². The summed E-state index contributed by atoms with van der Waals surface area (Å²) in [7, 11) is -0.808. The van der Waals surface area contributed by atoms with E-state index >= 15 is 0 Å². The fraction of sp³-hybridized carbons (Fsp3) is 0.200. The van der Waals surface area contributed by atoms with Gasteiger partial charge in [0.1, 0.15) is 0 Å². The van der Waals surface area contributed by atoms with Gasteiger partial charge >= 0.3 is 0 Å². The number of hydrogen-bond donors (Lipinski definition) is 0. The summed E-state index contributed by atoms with van der Waals surface area (Å²) < 4.78 is 11.0. The fourth-order valence-electron chi connectivity index (χ4n) is 0.815. The predicted octanol–water partition coefficient (Wildman–Crippen LogP) is 2.43. The normalized spacial score (nSPS) is 13.4. The summed E-state index contributed by atoms with van der Waals surface area (Å²) in [6.07, 6.45) is 1.89. The van der Waals surface area contributed by atoms with Crippen molar-refractivity contribution in [1.29, 1.82) is 0 Å². The minimum absolute atomic E-state index is 0.684. The van der Waals surface area contributed by atoms with Crippen LogP contribution in [0.1, 0.15) is 12.5 Å². The number of rotatable bonds is 3. The number of hydrogen-bond acceptors (Lipinski definition) is 1. The first-order chi connectivity index (χ1) is 5.83. The third-order valence-corrected chi connectivity index (χ3v) is 2.51. The van der Waals surface area contributed by atoms with Gasteiger partial charge in [-0.3, -0.25) is 4.21 Å². The van der Waals surface area contributed by atoms with Gasteiger partial charge in [-0.05, 0) is 11.6 Å². The molecule has 0 amide bonds. The summed E-state index contributed by atoms with van der Waals surface area (Å²) in [6, 6.07) is 9.88. The third-order valence-electron chi connectivity index (χ3n) is 1.50. The second-order valence-corrected chi connectivity index (χ2v) is 3.99. The molecular weight excluding hydrogens is 168 g/mol. The van der Waals surface area contributed by atoms with E-state index in [2.05, 4.69) is 0 Å². The van der Waals surface area contributed by atoms with Crippen LogP contribution in [0.3, 0.4) is 0 Å². The van der Waals surface area contributed by atoms with Crippen LogP contribution in [0.15, 0.2) is 35.7 Å². The zero-order valence-electron chi connectivity index (χ0n) is 7.07. The van der Waals surface area contributed by atoms with Crippen LogP contribution in [0.4, 0.5) is 0 Å². The SMILES string of the molecule is CCS(=O)/C=C\c1ccccc1. The molecule has 0 N–H and O–H groups in total. The van der Waals surface area contributed by atoms with E-state index in [4.69, 9.17) is 0 Å². The molecule has 1 nitrogen and oxygen atoms in total. The Balaban J connectivity index is 2.64. The smallest absolute Gasteiger partial charge is 0.0453 e. The molecule has 0 heterocycles. The fourth-order valence-corrected chi connectivity index (χ4v) is 1.32. The molecule has 0 aliphatic rings. The van der Waals surface area contributed by atoms with E-state index in [0.29, 0.717) is 5.75 Å². The molecule has 12 heavy (non-hydrogen) atoms. The Hall–Kier alpha value is -0.890. The van der Waals surface area contributed by atoms with E-state index < -0.39 is 10.8 Å².